The highest BCUT2D eigenvalue weighted by atomic mass is 16.5. The molecule has 1 atom stereocenters. The van der Waals surface area contributed by atoms with E-state index in [1.54, 1.807) is 0 Å². The van der Waals surface area contributed by atoms with E-state index in [0.29, 0.717) is 12.2 Å². The molecule has 1 N–H and O–H groups in total. The summed E-state index contributed by atoms with van der Waals surface area (Å²) in [5.41, 5.74) is 0.692. The van der Waals surface area contributed by atoms with Gasteiger partial charge in [-0.15, -0.1) is 0 Å². The fourth-order valence-corrected chi connectivity index (χ4v) is 3.33. The van der Waals surface area contributed by atoms with Crippen molar-refractivity contribution in [1.82, 2.24) is 10.2 Å². The Morgan fingerprint density at radius 1 is 1.25 bits per heavy atom. The number of rotatable bonds is 6. The van der Waals surface area contributed by atoms with Crippen LogP contribution in [0.4, 0.5) is 0 Å². The van der Waals surface area contributed by atoms with Gasteiger partial charge in [0.2, 0.25) is 0 Å². The van der Waals surface area contributed by atoms with E-state index >= 15 is 0 Å². The van der Waals surface area contributed by atoms with Crippen LogP contribution in [0.3, 0.4) is 0 Å². The zero-order valence-electron chi connectivity index (χ0n) is 14.5. The van der Waals surface area contributed by atoms with Crippen molar-refractivity contribution in [2.24, 2.45) is 0 Å². The SMILES string of the molecule is CCN1CCC(NC(=O)c2ccc(OC[C@H]3CCCO3)cc2)CC1. The Morgan fingerprint density at radius 3 is 2.62 bits per heavy atom. The maximum atomic E-state index is 12.4. The van der Waals surface area contributed by atoms with Crippen LogP contribution in [0.25, 0.3) is 0 Å². The third-order valence-corrected chi connectivity index (χ3v) is 4.95. The lowest BCUT2D eigenvalue weighted by molar-refractivity contribution is 0.0679. The second-order valence-corrected chi connectivity index (χ2v) is 6.65. The molecule has 5 heteroatoms. The molecule has 0 radical (unpaired) electrons. The van der Waals surface area contributed by atoms with Gasteiger partial charge >= 0.3 is 0 Å². The molecule has 3 rings (SSSR count). The number of carbonyl (C=O) groups is 1. The Balaban J connectivity index is 1.45. The molecule has 2 aliphatic heterocycles. The quantitative estimate of drug-likeness (QED) is 0.869. The van der Waals surface area contributed by atoms with Gasteiger partial charge in [-0.25, -0.2) is 0 Å². The molecule has 2 saturated heterocycles. The smallest absolute Gasteiger partial charge is 0.251 e. The van der Waals surface area contributed by atoms with Gasteiger partial charge in [-0.05, 0) is 56.5 Å². The highest BCUT2D eigenvalue weighted by Crippen LogP contribution is 2.17. The van der Waals surface area contributed by atoms with E-state index in [9.17, 15) is 4.79 Å². The van der Waals surface area contributed by atoms with Crippen molar-refractivity contribution >= 4 is 5.91 Å². The molecule has 0 aliphatic carbocycles. The number of ether oxygens (including phenoxy) is 2. The summed E-state index contributed by atoms with van der Waals surface area (Å²) in [6.45, 7) is 6.83. The Labute approximate surface area is 144 Å². The van der Waals surface area contributed by atoms with Gasteiger partial charge < -0.3 is 19.7 Å². The van der Waals surface area contributed by atoms with Crippen LogP contribution in [-0.4, -0.2) is 55.8 Å². The fourth-order valence-electron chi connectivity index (χ4n) is 3.33. The highest BCUT2D eigenvalue weighted by molar-refractivity contribution is 5.94. The number of hydrogen-bond acceptors (Lipinski definition) is 4. The van der Waals surface area contributed by atoms with Gasteiger partial charge in [0.25, 0.3) is 5.91 Å². The average Bonchev–Trinajstić information content (AvgIpc) is 3.14. The summed E-state index contributed by atoms with van der Waals surface area (Å²) in [7, 11) is 0. The first-order valence-corrected chi connectivity index (χ1v) is 9.12. The van der Waals surface area contributed by atoms with Gasteiger partial charge in [0.15, 0.2) is 0 Å². The molecule has 1 amide bonds. The minimum atomic E-state index is 0.00984. The van der Waals surface area contributed by atoms with Crippen molar-refractivity contribution < 1.29 is 14.3 Å². The topological polar surface area (TPSA) is 50.8 Å². The summed E-state index contributed by atoms with van der Waals surface area (Å²) in [5, 5.41) is 3.15. The van der Waals surface area contributed by atoms with Gasteiger partial charge in [0, 0.05) is 31.3 Å². The Kier molecular flexibility index (Phi) is 6.10. The second-order valence-electron chi connectivity index (χ2n) is 6.65. The molecule has 1 aromatic carbocycles. The summed E-state index contributed by atoms with van der Waals surface area (Å²) in [5.74, 6) is 0.800. The molecule has 0 aromatic heterocycles. The van der Waals surface area contributed by atoms with Crippen LogP contribution >= 0.6 is 0 Å². The molecule has 2 fully saturated rings. The number of nitrogens with zero attached hydrogens (tertiary/aromatic N) is 1. The van der Waals surface area contributed by atoms with Crippen molar-refractivity contribution in [3.05, 3.63) is 29.8 Å². The van der Waals surface area contributed by atoms with Gasteiger partial charge in [-0.3, -0.25) is 4.79 Å². The third kappa shape index (κ3) is 4.71. The summed E-state index contributed by atoms with van der Waals surface area (Å²) in [6, 6.07) is 7.69. The first-order chi connectivity index (χ1) is 11.7. The normalized spacial score (nSPS) is 22.5. The zero-order chi connectivity index (χ0) is 16.8. The van der Waals surface area contributed by atoms with E-state index in [1.165, 1.54) is 0 Å². The number of nitrogens with one attached hydrogen (secondary N) is 1. The maximum absolute atomic E-state index is 12.4. The standard InChI is InChI=1S/C19H28N2O3/c1-2-21-11-9-16(10-12-21)20-19(22)15-5-7-17(8-6-15)24-14-18-4-3-13-23-18/h5-8,16,18H,2-4,9-14H2,1H3,(H,20,22)/t18-/m1/s1. The van der Waals surface area contributed by atoms with Crippen LogP contribution in [0.1, 0.15) is 43.0 Å². The molecule has 0 spiro atoms. The predicted octanol–water partition coefficient (Wildman–Crippen LogP) is 2.46. The fraction of sp³-hybridized carbons (Fsp3) is 0.632. The molecule has 132 valence electrons. The molecule has 2 aliphatic rings. The van der Waals surface area contributed by atoms with Gasteiger partial charge in [-0.2, -0.15) is 0 Å². The molecular formula is C19H28N2O3. The van der Waals surface area contributed by atoms with Gasteiger partial charge in [0.05, 0.1) is 6.10 Å². The summed E-state index contributed by atoms with van der Waals surface area (Å²) in [6.07, 6.45) is 4.45. The van der Waals surface area contributed by atoms with Crippen LogP contribution in [-0.2, 0) is 4.74 Å². The largest absolute Gasteiger partial charge is 0.491 e. The molecule has 5 nitrogen and oxygen atoms in total. The first-order valence-electron chi connectivity index (χ1n) is 9.12. The lowest BCUT2D eigenvalue weighted by atomic mass is 10.0. The van der Waals surface area contributed by atoms with Crippen molar-refractivity contribution in [2.75, 3.05) is 32.8 Å². The minimum Gasteiger partial charge on any atom is -0.491 e. The summed E-state index contributed by atoms with van der Waals surface area (Å²) >= 11 is 0. The number of likely N-dealkylation sites (tertiary alicyclic amines) is 1. The van der Waals surface area contributed by atoms with E-state index in [0.717, 1.165) is 57.7 Å². The van der Waals surface area contributed by atoms with Crippen molar-refractivity contribution in [2.45, 2.75) is 44.8 Å². The first kappa shape index (κ1) is 17.2. The van der Waals surface area contributed by atoms with Crippen LogP contribution in [0.2, 0.25) is 0 Å². The van der Waals surface area contributed by atoms with Crippen LogP contribution in [0.5, 0.6) is 5.75 Å². The van der Waals surface area contributed by atoms with E-state index in [1.807, 2.05) is 24.3 Å². The maximum Gasteiger partial charge on any atom is 0.251 e. The lowest BCUT2D eigenvalue weighted by Crippen LogP contribution is -2.44. The second kappa shape index (κ2) is 8.49. The predicted molar refractivity (Wildman–Crippen MR) is 93.5 cm³/mol. The van der Waals surface area contributed by atoms with Crippen molar-refractivity contribution in [3.8, 4) is 5.75 Å². The molecule has 0 bridgehead atoms. The summed E-state index contributed by atoms with van der Waals surface area (Å²) in [4.78, 5) is 14.8. The number of hydrogen-bond donors (Lipinski definition) is 1. The minimum absolute atomic E-state index is 0.00984. The molecule has 24 heavy (non-hydrogen) atoms. The lowest BCUT2D eigenvalue weighted by Gasteiger charge is -2.31. The van der Waals surface area contributed by atoms with E-state index in [-0.39, 0.29) is 18.1 Å². The molecule has 1 aromatic rings. The number of carbonyl (C=O) groups excluding carboxylic acids is 1. The number of amides is 1. The van der Waals surface area contributed by atoms with Crippen LogP contribution in [0.15, 0.2) is 24.3 Å². The van der Waals surface area contributed by atoms with Crippen molar-refractivity contribution in [3.63, 3.8) is 0 Å². The molecule has 0 saturated carbocycles. The molecule has 2 heterocycles. The molecule has 0 unspecified atom stereocenters. The van der Waals surface area contributed by atoms with E-state index in [2.05, 4.69) is 17.1 Å². The van der Waals surface area contributed by atoms with Crippen LogP contribution < -0.4 is 10.1 Å². The van der Waals surface area contributed by atoms with E-state index in [4.69, 9.17) is 9.47 Å². The summed E-state index contributed by atoms with van der Waals surface area (Å²) < 4.78 is 11.3. The Hall–Kier alpha value is -1.59. The van der Waals surface area contributed by atoms with Crippen LogP contribution in [0, 0.1) is 0 Å². The van der Waals surface area contributed by atoms with Gasteiger partial charge in [-0.1, -0.05) is 6.92 Å². The monoisotopic (exact) mass is 332 g/mol. The zero-order valence-corrected chi connectivity index (χ0v) is 14.5. The molecular weight excluding hydrogens is 304 g/mol. The number of benzene rings is 1. The average molecular weight is 332 g/mol. The number of piperidine rings is 1. The van der Waals surface area contributed by atoms with Gasteiger partial charge in [0.1, 0.15) is 12.4 Å². The third-order valence-electron chi connectivity index (χ3n) is 4.95. The Morgan fingerprint density at radius 2 is 2.00 bits per heavy atom. The van der Waals surface area contributed by atoms with Crippen molar-refractivity contribution in [1.29, 1.82) is 0 Å². The van der Waals surface area contributed by atoms with E-state index < -0.39 is 0 Å². The Bertz CT molecular complexity index is 518. The highest BCUT2D eigenvalue weighted by Gasteiger charge is 2.20.